The van der Waals surface area contributed by atoms with Crippen molar-refractivity contribution in [1.29, 1.82) is 0 Å². The predicted octanol–water partition coefficient (Wildman–Crippen LogP) is 1.47. The molecule has 4 nitrogen and oxygen atoms in total. The zero-order valence-corrected chi connectivity index (χ0v) is 9.63. The standard InChI is InChI=1S/C11H15F2N3O/c1-5(2)9(11(15)17)16-10-7(14)4-3-6(12)8(10)13/h3-5,9,16H,14H2,1-2H3,(H2,15,17). The average Bonchev–Trinajstić information content (AvgIpc) is 2.23. The number of hydrogen-bond donors (Lipinski definition) is 3. The van der Waals surface area contributed by atoms with E-state index in [1.54, 1.807) is 13.8 Å². The van der Waals surface area contributed by atoms with E-state index in [0.717, 1.165) is 6.07 Å². The van der Waals surface area contributed by atoms with E-state index < -0.39 is 23.6 Å². The Hall–Kier alpha value is -1.85. The highest BCUT2D eigenvalue weighted by Crippen LogP contribution is 2.26. The lowest BCUT2D eigenvalue weighted by atomic mass is 10.0. The molecule has 1 aromatic carbocycles. The second-order valence-corrected chi connectivity index (χ2v) is 4.09. The number of carbonyl (C=O) groups is 1. The largest absolute Gasteiger partial charge is 0.397 e. The van der Waals surface area contributed by atoms with E-state index in [9.17, 15) is 13.6 Å². The predicted molar refractivity (Wildman–Crippen MR) is 62.2 cm³/mol. The topological polar surface area (TPSA) is 81.1 Å². The number of nitrogens with two attached hydrogens (primary N) is 2. The van der Waals surface area contributed by atoms with Crippen LogP contribution in [-0.2, 0) is 4.79 Å². The van der Waals surface area contributed by atoms with Crippen LogP contribution in [0, 0.1) is 17.6 Å². The van der Waals surface area contributed by atoms with Crippen molar-refractivity contribution in [3.05, 3.63) is 23.8 Å². The van der Waals surface area contributed by atoms with Crippen LogP contribution >= 0.6 is 0 Å². The molecule has 0 radical (unpaired) electrons. The Kier molecular flexibility index (Phi) is 3.88. The molecule has 0 saturated heterocycles. The van der Waals surface area contributed by atoms with Crippen molar-refractivity contribution in [2.24, 2.45) is 11.7 Å². The first-order chi connectivity index (χ1) is 7.84. The van der Waals surface area contributed by atoms with Crippen LogP contribution in [-0.4, -0.2) is 11.9 Å². The number of halogens is 2. The Bertz CT molecular complexity index is 435. The van der Waals surface area contributed by atoms with Gasteiger partial charge in [0.25, 0.3) is 0 Å². The summed E-state index contributed by atoms with van der Waals surface area (Å²) in [6, 6.07) is 1.33. The van der Waals surface area contributed by atoms with Gasteiger partial charge in [-0.25, -0.2) is 8.78 Å². The number of hydrogen-bond acceptors (Lipinski definition) is 3. The molecule has 0 spiro atoms. The first kappa shape index (κ1) is 13.2. The van der Waals surface area contributed by atoms with Crippen LogP contribution in [0.3, 0.4) is 0 Å². The van der Waals surface area contributed by atoms with Crippen LogP contribution in [0.1, 0.15) is 13.8 Å². The minimum absolute atomic E-state index is 0.0239. The molecule has 1 rings (SSSR count). The first-order valence-electron chi connectivity index (χ1n) is 5.14. The summed E-state index contributed by atoms with van der Waals surface area (Å²) in [6.07, 6.45) is 0. The molecule has 0 heterocycles. The van der Waals surface area contributed by atoms with Crippen LogP contribution < -0.4 is 16.8 Å². The van der Waals surface area contributed by atoms with Crippen LogP contribution in [0.5, 0.6) is 0 Å². The molecule has 94 valence electrons. The molecule has 6 heteroatoms. The lowest BCUT2D eigenvalue weighted by molar-refractivity contribution is -0.119. The Balaban J connectivity index is 3.09. The molecule has 0 aromatic heterocycles. The van der Waals surface area contributed by atoms with E-state index in [0.29, 0.717) is 0 Å². The summed E-state index contributed by atoms with van der Waals surface area (Å²) >= 11 is 0. The van der Waals surface area contributed by atoms with Gasteiger partial charge in [0, 0.05) is 0 Å². The zero-order valence-electron chi connectivity index (χ0n) is 9.63. The summed E-state index contributed by atoms with van der Waals surface area (Å²) in [5, 5.41) is 2.54. The van der Waals surface area contributed by atoms with Gasteiger partial charge < -0.3 is 16.8 Å². The molecule has 1 amide bonds. The van der Waals surface area contributed by atoms with Gasteiger partial charge in [0.15, 0.2) is 11.6 Å². The molecule has 1 atom stereocenters. The molecule has 0 fully saturated rings. The van der Waals surface area contributed by atoms with Crippen molar-refractivity contribution >= 4 is 17.3 Å². The Morgan fingerprint density at radius 2 is 1.94 bits per heavy atom. The smallest absolute Gasteiger partial charge is 0.240 e. The number of rotatable bonds is 4. The molecule has 0 aliphatic rings. The summed E-state index contributed by atoms with van der Waals surface area (Å²) in [7, 11) is 0. The third-order valence-corrected chi connectivity index (χ3v) is 2.40. The maximum atomic E-state index is 13.5. The number of benzene rings is 1. The highest BCUT2D eigenvalue weighted by atomic mass is 19.2. The van der Waals surface area contributed by atoms with Crippen molar-refractivity contribution < 1.29 is 13.6 Å². The van der Waals surface area contributed by atoms with Crippen LogP contribution in [0.4, 0.5) is 20.2 Å². The van der Waals surface area contributed by atoms with Gasteiger partial charge in [0.05, 0.1) is 11.4 Å². The Morgan fingerprint density at radius 3 is 2.41 bits per heavy atom. The monoisotopic (exact) mass is 243 g/mol. The maximum absolute atomic E-state index is 13.5. The lowest BCUT2D eigenvalue weighted by Gasteiger charge is -2.21. The fourth-order valence-corrected chi connectivity index (χ4v) is 1.43. The number of nitrogen functional groups attached to an aromatic ring is 1. The van der Waals surface area contributed by atoms with Gasteiger partial charge in [-0.3, -0.25) is 4.79 Å². The lowest BCUT2D eigenvalue weighted by Crippen LogP contribution is -2.40. The number of anilines is 2. The quantitative estimate of drug-likeness (QED) is 0.700. The van der Waals surface area contributed by atoms with Gasteiger partial charge in [-0.2, -0.15) is 0 Å². The van der Waals surface area contributed by atoms with Gasteiger partial charge in [-0.15, -0.1) is 0 Å². The zero-order chi connectivity index (χ0) is 13.2. The SMILES string of the molecule is CC(C)C(Nc1c(N)ccc(F)c1F)C(N)=O. The fraction of sp³-hybridized carbons (Fsp3) is 0.364. The minimum atomic E-state index is -1.11. The average molecular weight is 243 g/mol. The van der Waals surface area contributed by atoms with Crippen LogP contribution in [0.25, 0.3) is 0 Å². The van der Waals surface area contributed by atoms with Crippen molar-refractivity contribution in [3.63, 3.8) is 0 Å². The normalized spacial score (nSPS) is 12.5. The van der Waals surface area contributed by atoms with E-state index >= 15 is 0 Å². The number of nitrogens with one attached hydrogen (secondary N) is 1. The van der Waals surface area contributed by atoms with Crippen molar-refractivity contribution in [2.45, 2.75) is 19.9 Å². The third kappa shape index (κ3) is 2.83. The van der Waals surface area contributed by atoms with E-state index in [1.165, 1.54) is 6.07 Å². The third-order valence-electron chi connectivity index (χ3n) is 2.40. The molecule has 0 bridgehead atoms. The molecule has 1 unspecified atom stereocenters. The molecular formula is C11H15F2N3O. The van der Waals surface area contributed by atoms with Crippen molar-refractivity contribution in [3.8, 4) is 0 Å². The van der Waals surface area contributed by atoms with E-state index in [-0.39, 0.29) is 17.3 Å². The Labute approximate surface area is 98.0 Å². The minimum Gasteiger partial charge on any atom is -0.397 e. The number of carbonyl (C=O) groups excluding carboxylic acids is 1. The second-order valence-electron chi connectivity index (χ2n) is 4.09. The van der Waals surface area contributed by atoms with E-state index in [2.05, 4.69) is 5.32 Å². The van der Waals surface area contributed by atoms with Gasteiger partial charge in [-0.05, 0) is 18.1 Å². The maximum Gasteiger partial charge on any atom is 0.240 e. The molecule has 0 aliphatic heterocycles. The van der Waals surface area contributed by atoms with Crippen molar-refractivity contribution in [2.75, 3.05) is 11.1 Å². The summed E-state index contributed by atoms with van der Waals surface area (Å²) in [5.41, 5.74) is 10.5. The first-order valence-corrected chi connectivity index (χ1v) is 5.14. The fourth-order valence-electron chi connectivity index (χ4n) is 1.43. The number of amides is 1. The highest BCUT2D eigenvalue weighted by Gasteiger charge is 2.22. The van der Waals surface area contributed by atoms with Gasteiger partial charge in [0.2, 0.25) is 5.91 Å². The summed E-state index contributed by atoms with van der Waals surface area (Å²) in [5.74, 6) is -2.97. The summed E-state index contributed by atoms with van der Waals surface area (Å²) in [4.78, 5) is 11.2. The second kappa shape index (κ2) is 4.99. The molecule has 17 heavy (non-hydrogen) atoms. The van der Waals surface area contributed by atoms with Crippen LogP contribution in [0.15, 0.2) is 12.1 Å². The number of primary amides is 1. The molecule has 5 N–H and O–H groups in total. The molecule has 0 aliphatic carbocycles. The summed E-state index contributed by atoms with van der Waals surface area (Å²) in [6.45, 7) is 3.46. The molecule has 0 saturated carbocycles. The van der Waals surface area contributed by atoms with Gasteiger partial charge in [0.1, 0.15) is 6.04 Å². The van der Waals surface area contributed by atoms with Crippen LogP contribution in [0.2, 0.25) is 0 Å². The molecular weight excluding hydrogens is 228 g/mol. The highest BCUT2D eigenvalue weighted by molar-refractivity contribution is 5.84. The van der Waals surface area contributed by atoms with E-state index in [1.807, 2.05) is 0 Å². The molecule has 1 aromatic rings. The van der Waals surface area contributed by atoms with Gasteiger partial charge in [-0.1, -0.05) is 13.8 Å². The Morgan fingerprint density at radius 1 is 1.35 bits per heavy atom. The van der Waals surface area contributed by atoms with Gasteiger partial charge >= 0.3 is 0 Å². The van der Waals surface area contributed by atoms with E-state index in [4.69, 9.17) is 11.5 Å². The van der Waals surface area contributed by atoms with Crippen molar-refractivity contribution in [1.82, 2.24) is 0 Å². The summed E-state index contributed by atoms with van der Waals surface area (Å²) < 4.78 is 26.5.